The second kappa shape index (κ2) is 13.9. The topological polar surface area (TPSA) is 3.24 Å². The van der Waals surface area contributed by atoms with E-state index in [1.54, 1.807) is 0 Å². The van der Waals surface area contributed by atoms with Gasteiger partial charge < -0.3 is 4.90 Å². The molecule has 11 rings (SSSR count). The summed E-state index contributed by atoms with van der Waals surface area (Å²) in [6.45, 7) is 0. The van der Waals surface area contributed by atoms with Gasteiger partial charge in [-0.15, -0.1) is 0 Å². The lowest BCUT2D eigenvalue weighted by atomic mass is 9.67. The first-order chi connectivity index (χ1) is 28.8. The predicted molar refractivity (Wildman–Crippen MR) is 244 cm³/mol. The van der Waals surface area contributed by atoms with E-state index in [2.05, 4.69) is 241 Å². The molecule has 1 aliphatic carbocycles. The third-order valence-electron chi connectivity index (χ3n) is 12.1. The van der Waals surface area contributed by atoms with Crippen molar-refractivity contribution in [1.29, 1.82) is 0 Å². The molecule has 1 aliphatic rings. The zero-order valence-corrected chi connectivity index (χ0v) is 32.0. The third kappa shape index (κ3) is 5.25. The van der Waals surface area contributed by atoms with Gasteiger partial charge in [0.15, 0.2) is 0 Å². The highest BCUT2D eigenvalue weighted by molar-refractivity contribution is 6.22. The molecule has 0 radical (unpaired) electrons. The Morgan fingerprint density at radius 1 is 0.276 bits per heavy atom. The molecular weight excluding hydrogens is 699 g/mol. The summed E-state index contributed by atoms with van der Waals surface area (Å²) >= 11 is 0. The van der Waals surface area contributed by atoms with Gasteiger partial charge in [-0.3, -0.25) is 0 Å². The number of benzene rings is 10. The molecule has 0 bridgehead atoms. The fraction of sp³-hybridized carbons (Fsp3) is 0.0175. The molecule has 0 amide bonds. The van der Waals surface area contributed by atoms with Crippen LogP contribution in [0, 0.1) is 0 Å². The number of fused-ring (bicyclic) bond motifs is 6. The first-order valence-corrected chi connectivity index (χ1v) is 20.1. The van der Waals surface area contributed by atoms with Gasteiger partial charge in [0.2, 0.25) is 0 Å². The molecule has 0 saturated heterocycles. The van der Waals surface area contributed by atoms with Crippen molar-refractivity contribution in [3.63, 3.8) is 0 Å². The summed E-state index contributed by atoms with van der Waals surface area (Å²) in [4.78, 5) is 2.49. The number of rotatable bonds is 7. The number of hydrogen-bond acceptors (Lipinski definition) is 1. The highest BCUT2D eigenvalue weighted by Gasteiger charge is 2.45. The summed E-state index contributed by atoms with van der Waals surface area (Å²) in [5.74, 6) is 0. The van der Waals surface area contributed by atoms with Crippen LogP contribution in [0.3, 0.4) is 0 Å². The Labute approximate surface area is 339 Å². The van der Waals surface area contributed by atoms with E-state index >= 15 is 0 Å². The Morgan fingerprint density at radius 2 is 0.672 bits per heavy atom. The predicted octanol–water partition coefficient (Wildman–Crippen LogP) is 15.2. The Morgan fingerprint density at radius 3 is 1.26 bits per heavy atom. The molecule has 0 N–H and O–H groups in total. The second-order valence-electron chi connectivity index (χ2n) is 15.2. The van der Waals surface area contributed by atoms with Crippen LogP contribution >= 0.6 is 0 Å². The van der Waals surface area contributed by atoms with Gasteiger partial charge >= 0.3 is 0 Å². The summed E-state index contributed by atoms with van der Waals surface area (Å²) in [6.07, 6.45) is 0. The summed E-state index contributed by atoms with van der Waals surface area (Å²) in [6, 6.07) is 86.8. The van der Waals surface area contributed by atoms with Crippen LogP contribution in [0.5, 0.6) is 0 Å². The zero-order chi connectivity index (χ0) is 38.5. The fourth-order valence-corrected chi connectivity index (χ4v) is 9.67. The maximum Gasteiger partial charge on any atom is 0.0713 e. The Kier molecular flexibility index (Phi) is 8.12. The van der Waals surface area contributed by atoms with Gasteiger partial charge in [0.05, 0.1) is 11.1 Å². The standard InChI is InChI=1S/C57H39N/c1-4-18-40(19-5-1)41-32-36-45(37-33-41)58(56-52-29-13-11-25-48(52)47-24-10-12-28-51(47)55(56)42-20-6-2-7-21-42)46-38-34-44(35-39-46)57(43-22-8-3-9-23-43)53-30-16-14-26-49(53)50-27-15-17-31-54(50)57/h1-39H. The minimum Gasteiger partial charge on any atom is -0.309 e. The van der Waals surface area contributed by atoms with Gasteiger partial charge in [0, 0.05) is 22.3 Å². The lowest BCUT2D eigenvalue weighted by Crippen LogP contribution is -2.28. The molecule has 0 aromatic heterocycles. The minimum atomic E-state index is -0.472. The highest BCUT2D eigenvalue weighted by Crippen LogP contribution is 2.57. The van der Waals surface area contributed by atoms with E-state index in [0.717, 1.165) is 17.1 Å². The summed E-state index contributed by atoms with van der Waals surface area (Å²) < 4.78 is 0. The molecule has 0 heterocycles. The minimum absolute atomic E-state index is 0.472. The van der Waals surface area contributed by atoms with Gasteiger partial charge in [0.25, 0.3) is 0 Å². The van der Waals surface area contributed by atoms with Crippen molar-refractivity contribution in [2.75, 3.05) is 4.90 Å². The Hall–Kier alpha value is -7.48. The van der Waals surface area contributed by atoms with E-state index < -0.39 is 5.41 Å². The van der Waals surface area contributed by atoms with Crippen LogP contribution < -0.4 is 4.90 Å². The summed E-state index contributed by atoms with van der Waals surface area (Å²) in [5, 5.41) is 4.92. The average molecular weight is 738 g/mol. The SMILES string of the molecule is c1ccc(-c2ccc(N(c3ccc(C4(c5ccccc5)c5ccccc5-c5ccccc54)cc3)c3c(-c4ccccc4)c4ccccc4c4ccccc34)cc2)cc1. The number of nitrogens with zero attached hydrogens (tertiary/aromatic N) is 1. The maximum absolute atomic E-state index is 2.49. The van der Waals surface area contributed by atoms with Crippen LogP contribution in [0.25, 0.3) is 54.9 Å². The van der Waals surface area contributed by atoms with Crippen molar-refractivity contribution in [2.24, 2.45) is 0 Å². The smallest absolute Gasteiger partial charge is 0.0713 e. The van der Waals surface area contributed by atoms with Crippen molar-refractivity contribution in [3.05, 3.63) is 259 Å². The first-order valence-electron chi connectivity index (χ1n) is 20.1. The van der Waals surface area contributed by atoms with E-state index in [0.29, 0.717) is 0 Å². The van der Waals surface area contributed by atoms with Crippen LogP contribution in [0.4, 0.5) is 17.1 Å². The molecule has 10 aromatic rings. The van der Waals surface area contributed by atoms with Crippen LogP contribution in [-0.4, -0.2) is 0 Å². The molecule has 0 saturated carbocycles. The van der Waals surface area contributed by atoms with Crippen molar-refractivity contribution in [2.45, 2.75) is 5.41 Å². The monoisotopic (exact) mass is 737 g/mol. The van der Waals surface area contributed by atoms with Crippen LogP contribution in [0.2, 0.25) is 0 Å². The quantitative estimate of drug-likeness (QED) is 0.147. The molecule has 0 fully saturated rings. The second-order valence-corrected chi connectivity index (χ2v) is 15.2. The number of hydrogen-bond donors (Lipinski definition) is 0. The molecule has 58 heavy (non-hydrogen) atoms. The fourth-order valence-electron chi connectivity index (χ4n) is 9.67. The van der Waals surface area contributed by atoms with Crippen molar-refractivity contribution >= 4 is 38.6 Å². The van der Waals surface area contributed by atoms with Gasteiger partial charge in [0.1, 0.15) is 0 Å². The Balaban J connectivity index is 1.19. The van der Waals surface area contributed by atoms with Gasteiger partial charge in [-0.05, 0) is 90.5 Å². The van der Waals surface area contributed by atoms with E-state index in [-0.39, 0.29) is 0 Å². The molecule has 0 atom stereocenters. The molecule has 272 valence electrons. The normalized spacial score (nSPS) is 12.6. The van der Waals surface area contributed by atoms with Gasteiger partial charge in [-0.2, -0.15) is 0 Å². The first kappa shape index (κ1) is 33.8. The van der Waals surface area contributed by atoms with Crippen LogP contribution in [-0.2, 0) is 5.41 Å². The van der Waals surface area contributed by atoms with Crippen molar-refractivity contribution < 1.29 is 0 Å². The Bertz CT molecular complexity index is 3030. The van der Waals surface area contributed by atoms with Crippen molar-refractivity contribution in [1.82, 2.24) is 0 Å². The van der Waals surface area contributed by atoms with E-state index in [1.807, 2.05) is 0 Å². The summed E-state index contributed by atoms with van der Waals surface area (Å²) in [5.41, 5.74) is 15.4. The lowest BCUT2D eigenvalue weighted by Gasteiger charge is -2.35. The third-order valence-corrected chi connectivity index (χ3v) is 12.1. The van der Waals surface area contributed by atoms with Gasteiger partial charge in [-0.1, -0.05) is 212 Å². The van der Waals surface area contributed by atoms with Crippen molar-refractivity contribution in [3.8, 4) is 33.4 Å². The average Bonchev–Trinajstić information content (AvgIpc) is 3.61. The molecule has 0 spiro atoms. The molecule has 10 aromatic carbocycles. The molecular formula is C57H39N. The largest absolute Gasteiger partial charge is 0.309 e. The van der Waals surface area contributed by atoms with E-state index in [9.17, 15) is 0 Å². The number of anilines is 3. The zero-order valence-electron chi connectivity index (χ0n) is 32.0. The van der Waals surface area contributed by atoms with Crippen LogP contribution in [0.1, 0.15) is 22.3 Å². The van der Waals surface area contributed by atoms with E-state index in [4.69, 9.17) is 0 Å². The van der Waals surface area contributed by atoms with Gasteiger partial charge in [-0.25, -0.2) is 0 Å². The molecule has 0 unspecified atom stereocenters. The molecule has 1 heteroatoms. The summed E-state index contributed by atoms with van der Waals surface area (Å²) in [7, 11) is 0. The molecule has 1 nitrogen and oxygen atoms in total. The highest BCUT2D eigenvalue weighted by atomic mass is 15.1. The lowest BCUT2D eigenvalue weighted by molar-refractivity contribution is 0.768. The maximum atomic E-state index is 2.49. The molecule has 0 aliphatic heterocycles. The van der Waals surface area contributed by atoms with Crippen LogP contribution in [0.15, 0.2) is 237 Å². The van der Waals surface area contributed by atoms with E-state index in [1.165, 1.54) is 77.2 Å².